The Kier molecular flexibility index (Phi) is 6.29. The zero-order valence-electron chi connectivity index (χ0n) is 13.6. The normalized spacial score (nSPS) is 10.8. The van der Waals surface area contributed by atoms with Crippen LogP contribution in [0.4, 0.5) is 11.4 Å². The van der Waals surface area contributed by atoms with Gasteiger partial charge in [-0.25, -0.2) is 0 Å². The van der Waals surface area contributed by atoms with E-state index < -0.39 is 5.91 Å². The molecule has 0 fully saturated rings. The number of rotatable bonds is 5. The lowest BCUT2D eigenvalue weighted by molar-refractivity contribution is -0.112. The summed E-state index contributed by atoms with van der Waals surface area (Å²) < 4.78 is 5.05. The molecule has 2 aromatic carbocycles. The Balaban J connectivity index is 2.12. The average Bonchev–Trinajstić information content (AvgIpc) is 2.57. The summed E-state index contributed by atoms with van der Waals surface area (Å²) in [7, 11) is 1.50. The number of halogens is 2. The summed E-state index contributed by atoms with van der Waals surface area (Å²) in [5.41, 5.74) is 2.02. The van der Waals surface area contributed by atoms with Gasteiger partial charge in [-0.05, 0) is 48.9 Å². The molecule has 0 atom stereocenters. The van der Waals surface area contributed by atoms with Gasteiger partial charge in [0.25, 0.3) is 5.91 Å². The maximum absolute atomic E-state index is 12.2. The highest BCUT2D eigenvalue weighted by molar-refractivity contribution is 6.32. The predicted molar refractivity (Wildman–Crippen MR) is 100 cm³/mol. The fourth-order valence-electron chi connectivity index (χ4n) is 2.03. The molecule has 0 aromatic heterocycles. The highest BCUT2D eigenvalue weighted by atomic mass is 35.5. The number of amides is 1. The van der Waals surface area contributed by atoms with Crippen molar-refractivity contribution in [1.29, 1.82) is 5.26 Å². The molecule has 0 radical (unpaired) electrons. The van der Waals surface area contributed by atoms with Crippen LogP contribution in [0.5, 0.6) is 5.75 Å². The SMILES string of the molecule is COc1ccc(NC(=O)/C(C#N)=C\Nc2ccc(Cl)cc2C)cc1Cl. The number of methoxy groups -OCH3 is 1. The standard InChI is InChI=1S/C18H15Cl2N3O2/c1-11-7-13(19)3-5-16(11)22-10-12(9-21)18(24)23-14-4-6-17(25-2)15(20)8-14/h3-8,10,22H,1-2H3,(H,23,24)/b12-10-. The molecule has 128 valence electrons. The van der Waals surface area contributed by atoms with Crippen molar-refractivity contribution in [2.45, 2.75) is 6.92 Å². The number of nitrogens with one attached hydrogen (secondary N) is 2. The summed E-state index contributed by atoms with van der Waals surface area (Å²) >= 11 is 11.9. The molecule has 0 aliphatic rings. The molecule has 0 saturated carbocycles. The molecule has 25 heavy (non-hydrogen) atoms. The molecule has 1 amide bonds. The molecule has 0 saturated heterocycles. The quantitative estimate of drug-likeness (QED) is 0.582. The molecule has 0 aliphatic heterocycles. The van der Waals surface area contributed by atoms with Crippen LogP contribution in [0.3, 0.4) is 0 Å². The molecule has 0 bridgehead atoms. The minimum absolute atomic E-state index is 0.0821. The highest BCUT2D eigenvalue weighted by Crippen LogP contribution is 2.27. The van der Waals surface area contributed by atoms with Crippen molar-refractivity contribution in [2.75, 3.05) is 17.7 Å². The van der Waals surface area contributed by atoms with Crippen molar-refractivity contribution in [3.05, 3.63) is 63.8 Å². The molecule has 2 N–H and O–H groups in total. The minimum atomic E-state index is -0.553. The Morgan fingerprint density at radius 2 is 2.00 bits per heavy atom. The van der Waals surface area contributed by atoms with Crippen molar-refractivity contribution >= 4 is 40.5 Å². The van der Waals surface area contributed by atoms with E-state index in [1.165, 1.54) is 13.3 Å². The number of nitrogens with zero attached hydrogens (tertiary/aromatic N) is 1. The van der Waals surface area contributed by atoms with Crippen LogP contribution in [0.15, 0.2) is 48.2 Å². The molecule has 0 unspecified atom stereocenters. The van der Waals surface area contributed by atoms with Gasteiger partial charge < -0.3 is 15.4 Å². The molecule has 5 nitrogen and oxygen atoms in total. The lowest BCUT2D eigenvalue weighted by Gasteiger charge is -2.09. The van der Waals surface area contributed by atoms with Crippen LogP contribution < -0.4 is 15.4 Å². The third kappa shape index (κ3) is 4.90. The van der Waals surface area contributed by atoms with E-state index in [0.29, 0.717) is 21.5 Å². The largest absolute Gasteiger partial charge is 0.495 e. The second kappa shape index (κ2) is 8.43. The fourth-order valence-corrected chi connectivity index (χ4v) is 2.51. The number of hydrogen-bond acceptors (Lipinski definition) is 4. The van der Waals surface area contributed by atoms with Crippen LogP contribution in [0, 0.1) is 18.3 Å². The zero-order valence-corrected chi connectivity index (χ0v) is 15.1. The van der Waals surface area contributed by atoms with Crippen molar-refractivity contribution in [3.63, 3.8) is 0 Å². The first-order chi connectivity index (χ1) is 11.9. The first-order valence-corrected chi connectivity index (χ1v) is 7.98. The Bertz CT molecular complexity index is 873. The number of benzene rings is 2. The van der Waals surface area contributed by atoms with Crippen molar-refractivity contribution < 1.29 is 9.53 Å². The number of aryl methyl sites for hydroxylation is 1. The summed E-state index contributed by atoms with van der Waals surface area (Å²) in [5.74, 6) is -0.0570. The van der Waals surface area contributed by atoms with Crippen LogP contribution in [-0.4, -0.2) is 13.0 Å². The van der Waals surface area contributed by atoms with Crippen molar-refractivity contribution in [2.24, 2.45) is 0 Å². The van der Waals surface area contributed by atoms with Gasteiger partial charge in [0.05, 0.1) is 12.1 Å². The minimum Gasteiger partial charge on any atom is -0.495 e. The van der Waals surface area contributed by atoms with E-state index in [9.17, 15) is 10.1 Å². The smallest absolute Gasteiger partial charge is 0.267 e. The van der Waals surface area contributed by atoms with Crippen LogP contribution in [0.25, 0.3) is 0 Å². The third-order valence-corrected chi connectivity index (χ3v) is 3.87. The summed E-state index contributed by atoms with van der Waals surface area (Å²) in [5, 5.41) is 15.7. The van der Waals surface area contributed by atoms with Crippen molar-refractivity contribution in [3.8, 4) is 11.8 Å². The Hall–Kier alpha value is -2.68. The van der Waals surface area contributed by atoms with Gasteiger partial charge in [-0.15, -0.1) is 0 Å². The zero-order chi connectivity index (χ0) is 18.4. The maximum atomic E-state index is 12.2. The van der Waals surface area contributed by atoms with Gasteiger partial charge >= 0.3 is 0 Å². The highest BCUT2D eigenvalue weighted by Gasteiger charge is 2.11. The van der Waals surface area contributed by atoms with Crippen LogP contribution in [0.2, 0.25) is 10.0 Å². The van der Waals surface area contributed by atoms with Crippen molar-refractivity contribution in [1.82, 2.24) is 0 Å². The predicted octanol–water partition coefficient (Wildman–Crippen LogP) is 4.77. The lowest BCUT2D eigenvalue weighted by atomic mass is 10.2. The molecule has 0 aliphatic carbocycles. The summed E-state index contributed by atoms with van der Waals surface area (Å²) in [4.78, 5) is 12.2. The van der Waals surface area contributed by atoms with Gasteiger partial charge in [-0.3, -0.25) is 4.79 Å². The summed E-state index contributed by atoms with van der Waals surface area (Å²) in [6.45, 7) is 1.87. The number of anilines is 2. The second-order valence-corrected chi connectivity index (χ2v) is 5.92. The first-order valence-electron chi connectivity index (χ1n) is 7.22. The van der Waals surface area contributed by atoms with Crippen LogP contribution >= 0.6 is 23.2 Å². The lowest BCUT2D eigenvalue weighted by Crippen LogP contribution is -2.14. The molecule has 7 heteroatoms. The monoisotopic (exact) mass is 375 g/mol. The summed E-state index contributed by atoms with van der Waals surface area (Å²) in [6.07, 6.45) is 1.34. The average molecular weight is 376 g/mol. The fraction of sp³-hybridized carbons (Fsp3) is 0.111. The van der Waals surface area contributed by atoms with E-state index in [2.05, 4.69) is 10.6 Å². The second-order valence-electron chi connectivity index (χ2n) is 5.08. The van der Waals surface area contributed by atoms with E-state index >= 15 is 0 Å². The van der Waals surface area contributed by atoms with E-state index in [4.69, 9.17) is 27.9 Å². The molecule has 0 heterocycles. The van der Waals surface area contributed by atoms with E-state index in [1.807, 2.05) is 13.0 Å². The first kappa shape index (κ1) is 18.7. The number of carbonyl (C=O) groups excluding carboxylic acids is 1. The number of hydrogen-bond donors (Lipinski definition) is 2. The molecule has 2 rings (SSSR count). The molecular weight excluding hydrogens is 361 g/mol. The van der Waals surface area contributed by atoms with Gasteiger partial charge in [0.1, 0.15) is 17.4 Å². The summed E-state index contributed by atoms with van der Waals surface area (Å²) in [6, 6.07) is 11.9. The third-order valence-electron chi connectivity index (χ3n) is 3.34. The van der Waals surface area contributed by atoms with Crippen LogP contribution in [-0.2, 0) is 4.79 Å². The van der Waals surface area contributed by atoms with Gasteiger partial charge in [0, 0.05) is 22.6 Å². The number of nitriles is 1. The molecule has 0 spiro atoms. The van der Waals surface area contributed by atoms with Crippen LogP contribution in [0.1, 0.15) is 5.56 Å². The Morgan fingerprint density at radius 3 is 2.60 bits per heavy atom. The van der Waals surface area contributed by atoms with E-state index in [1.54, 1.807) is 36.4 Å². The number of ether oxygens (including phenoxy) is 1. The van der Waals surface area contributed by atoms with Gasteiger partial charge in [-0.1, -0.05) is 23.2 Å². The number of carbonyl (C=O) groups is 1. The molecular formula is C18H15Cl2N3O2. The van der Waals surface area contributed by atoms with Gasteiger partial charge in [0.2, 0.25) is 0 Å². The van der Waals surface area contributed by atoms with Gasteiger partial charge in [0.15, 0.2) is 0 Å². The Labute approximate surface area is 155 Å². The van der Waals surface area contributed by atoms with Gasteiger partial charge in [-0.2, -0.15) is 5.26 Å². The topological polar surface area (TPSA) is 74.1 Å². The Morgan fingerprint density at radius 1 is 1.24 bits per heavy atom. The molecule has 2 aromatic rings. The maximum Gasteiger partial charge on any atom is 0.267 e. The van der Waals surface area contributed by atoms with E-state index in [0.717, 1.165) is 11.3 Å². The van der Waals surface area contributed by atoms with E-state index in [-0.39, 0.29) is 5.57 Å².